The first-order chi connectivity index (χ1) is 14.8. The topological polar surface area (TPSA) is 70.6 Å². The van der Waals surface area contributed by atoms with Crippen LogP contribution in [0.2, 0.25) is 5.02 Å². The molecule has 8 heteroatoms. The first-order valence-electron chi connectivity index (χ1n) is 9.87. The van der Waals surface area contributed by atoms with Crippen molar-refractivity contribution >= 4 is 38.9 Å². The van der Waals surface area contributed by atoms with Gasteiger partial charge in [-0.15, -0.1) is 0 Å². The average Bonchev–Trinajstić information content (AvgIpc) is 3.08. The Morgan fingerprint density at radius 3 is 2.58 bits per heavy atom. The van der Waals surface area contributed by atoms with Crippen LogP contribution >= 0.6 is 11.6 Å². The van der Waals surface area contributed by atoms with Gasteiger partial charge in [-0.2, -0.15) is 0 Å². The molecule has 0 spiro atoms. The number of hydrogen-bond donors (Lipinski definition) is 0. The number of amides is 1. The molecular weight excluding hydrogens is 434 g/mol. The van der Waals surface area contributed by atoms with Crippen LogP contribution in [0.1, 0.15) is 25.0 Å². The van der Waals surface area contributed by atoms with Gasteiger partial charge in [-0.25, -0.2) is 8.42 Å². The molecule has 4 rings (SSSR count). The number of carbonyl (C=O) groups excluding carboxylic acids is 1. The highest BCUT2D eigenvalue weighted by atomic mass is 35.5. The zero-order chi connectivity index (χ0) is 22.2. The van der Waals surface area contributed by atoms with Gasteiger partial charge in [0.15, 0.2) is 0 Å². The molecule has 160 valence electrons. The quantitative estimate of drug-likeness (QED) is 0.570. The summed E-state index contributed by atoms with van der Waals surface area (Å²) in [7, 11) is -3.88. The summed E-state index contributed by atoms with van der Waals surface area (Å²) in [5.41, 5.74) is 2.89. The average molecular weight is 456 g/mol. The van der Waals surface area contributed by atoms with Crippen LogP contribution in [0, 0.1) is 0 Å². The highest BCUT2D eigenvalue weighted by Crippen LogP contribution is 2.35. The minimum Gasteiger partial charge on any atom is -0.309 e. The lowest BCUT2D eigenvalue weighted by molar-refractivity contribution is -0.116. The molecule has 0 fully saturated rings. The second-order valence-corrected chi connectivity index (χ2v) is 9.88. The second kappa shape index (κ2) is 8.32. The maximum absolute atomic E-state index is 13.7. The van der Waals surface area contributed by atoms with Crippen LogP contribution in [0.3, 0.4) is 0 Å². The van der Waals surface area contributed by atoms with Crippen LogP contribution < -0.4 is 9.21 Å². The molecule has 2 heterocycles. The smallest absolute Gasteiger partial charge is 0.264 e. The van der Waals surface area contributed by atoms with E-state index >= 15 is 0 Å². The molecule has 3 aromatic rings. The van der Waals surface area contributed by atoms with E-state index < -0.39 is 10.0 Å². The predicted molar refractivity (Wildman–Crippen MR) is 122 cm³/mol. The van der Waals surface area contributed by atoms with Crippen molar-refractivity contribution in [3.8, 4) is 0 Å². The fraction of sp³-hybridized carbons (Fsp3) is 0.217. The zero-order valence-corrected chi connectivity index (χ0v) is 18.8. The Kier molecular flexibility index (Phi) is 5.73. The molecule has 0 N–H and O–H groups in total. The Labute approximate surface area is 187 Å². The molecule has 1 aliphatic heterocycles. The first-order valence-corrected chi connectivity index (χ1v) is 11.7. The molecular formula is C23H22ClN3O3S. The number of anilines is 2. The maximum atomic E-state index is 13.7. The molecule has 6 nitrogen and oxygen atoms in total. The molecule has 0 radical (unpaired) electrons. The van der Waals surface area contributed by atoms with Gasteiger partial charge in [-0.3, -0.25) is 14.1 Å². The van der Waals surface area contributed by atoms with Gasteiger partial charge >= 0.3 is 0 Å². The van der Waals surface area contributed by atoms with Crippen molar-refractivity contribution in [3.05, 3.63) is 83.1 Å². The summed E-state index contributed by atoms with van der Waals surface area (Å²) >= 11 is 6.01. The van der Waals surface area contributed by atoms with E-state index in [1.54, 1.807) is 65.8 Å². The van der Waals surface area contributed by atoms with Crippen molar-refractivity contribution in [1.82, 2.24) is 4.98 Å². The van der Waals surface area contributed by atoms with Crippen molar-refractivity contribution in [2.75, 3.05) is 9.21 Å². The molecule has 2 aromatic carbocycles. The molecule has 1 aliphatic rings. The minimum atomic E-state index is -3.88. The number of rotatable bonds is 5. The number of nitrogens with zero attached hydrogens (tertiary/aromatic N) is 3. The van der Waals surface area contributed by atoms with Crippen LogP contribution in [0.4, 0.5) is 11.4 Å². The zero-order valence-electron chi connectivity index (χ0n) is 17.2. The maximum Gasteiger partial charge on any atom is 0.264 e. The van der Waals surface area contributed by atoms with E-state index in [4.69, 9.17) is 11.6 Å². The van der Waals surface area contributed by atoms with E-state index in [0.717, 1.165) is 16.8 Å². The third-order valence-electron chi connectivity index (χ3n) is 5.36. The minimum absolute atomic E-state index is 0.00628. The summed E-state index contributed by atoms with van der Waals surface area (Å²) in [5.74, 6) is -0.0544. The van der Waals surface area contributed by atoms with E-state index in [2.05, 4.69) is 4.98 Å². The molecule has 1 amide bonds. The molecule has 31 heavy (non-hydrogen) atoms. The van der Waals surface area contributed by atoms with Crippen LogP contribution in [0.5, 0.6) is 0 Å². The summed E-state index contributed by atoms with van der Waals surface area (Å²) in [6.45, 7) is 3.61. The monoisotopic (exact) mass is 455 g/mol. The molecule has 1 aromatic heterocycles. The number of fused-ring (bicyclic) bond motifs is 1. The fourth-order valence-corrected chi connectivity index (χ4v) is 5.58. The van der Waals surface area contributed by atoms with Gasteiger partial charge in [-0.1, -0.05) is 17.7 Å². The molecule has 0 saturated carbocycles. The molecule has 0 aliphatic carbocycles. The van der Waals surface area contributed by atoms with E-state index in [0.29, 0.717) is 17.1 Å². The number of sulfonamides is 1. The first kappa shape index (κ1) is 21.3. The van der Waals surface area contributed by atoms with E-state index in [9.17, 15) is 13.2 Å². The standard InChI is InChI=1S/C23H22ClN3O3S/c1-16-12-19-13-22(9-10-23(19)27(16)17(2)28)31(29,30)26(15-18-4-3-11-25-14-18)21-7-5-20(24)6-8-21/h3-11,13-14,16H,12,15H2,1-2H3. The van der Waals surface area contributed by atoms with Crippen molar-refractivity contribution in [2.45, 2.75) is 37.8 Å². The highest BCUT2D eigenvalue weighted by molar-refractivity contribution is 7.92. The fourth-order valence-electron chi connectivity index (χ4n) is 3.95. The van der Waals surface area contributed by atoms with Crippen molar-refractivity contribution in [1.29, 1.82) is 0 Å². The SMILES string of the molecule is CC(=O)N1c2ccc(S(=O)(=O)N(Cc3cccnc3)c3ccc(Cl)cc3)cc2CC1C. The lowest BCUT2D eigenvalue weighted by Gasteiger charge is -2.25. The van der Waals surface area contributed by atoms with E-state index in [1.165, 1.54) is 11.2 Å². The number of pyridine rings is 1. The Bertz CT molecular complexity index is 1210. The van der Waals surface area contributed by atoms with Crippen molar-refractivity contribution in [3.63, 3.8) is 0 Å². The number of aromatic nitrogens is 1. The normalized spacial score (nSPS) is 15.6. The summed E-state index contributed by atoms with van der Waals surface area (Å²) in [6.07, 6.45) is 3.91. The van der Waals surface area contributed by atoms with Gasteiger partial charge in [-0.05, 0) is 73.0 Å². The summed E-state index contributed by atoms with van der Waals surface area (Å²) in [6, 6.07) is 15.3. The Hall–Kier alpha value is -2.90. The van der Waals surface area contributed by atoms with Gasteiger partial charge < -0.3 is 4.90 Å². The van der Waals surface area contributed by atoms with Gasteiger partial charge in [0.05, 0.1) is 17.1 Å². The summed E-state index contributed by atoms with van der Waals surface area (Å²) in [5, 5.41) is 0.526. The third-order valence-corrected chi connectivity index (χ3v) is 7.38. The second-order valence-electron chi connectivity index (χ2n) is 7.58. The lowest BCUT2D eigenvalue weighted by Crippen LogP contribution is -2.33. The number of benzene rings is 2. The van der Waals surface area contributed by atoms with Gasteiger partial charge in [0.25, 0.3) is 10.0 Å². The van der Waals surface area contributed by atoms with E-state index in [1.807, 2.05) is 13.0 Å². The van der Waals surface area contributed by atoms with Gasteiger partial charge in [0.2, 0.25) is 5.91 Å². The van der Waals surface area contributed by atoms with Crippen LogP contribution in [0.25, 0.3) is 0 Å². The van der Waals surface area contributed by atoms with Crippen molar-refractivity contribution < 1.29 is 13.2 Å². The summed E-state index contributed by atoms with van der Waals surface area (Å²) < 4.78 is 28.8. The van der Waals surface area contributed by atoms with Crippen LogP contribution in [-0.4, -0.2) is 25.4 Å². The number of carbonyl (C=O) groups is 1. The third kappa shape index (κ3) is 4.16. The van der Waals surface area contributed by atoms with E-state index in [-0.39, 0.29) is 23.4 Å². The summed E-state index contributed by atoms with van der Waals surface area (Å²) in [4.78, 5) is 18.0. The predicted octanol–water partition coefficient (Wildman–Crippen LogP) is 4.43. The van der Waals surface area contributed by atoms with Crippen LogP contribution in [-0.2, 0) is 27.8 Å². The molecule has 0 bridgehead atoms. The van der Waals surface area contributed by atoms with Gasteiger partial charge in [0.1, 0.15) is 0 Å². The molecule has 1 unspecified atom stereocenters. The Morgan fingerprint density at radius 2 is 1.94 bits per heavy atom. The molecule has 1 atom stereocenters. The highest BCUT2D eigenvalue weighted by Gasteiger charge is 2.32. The Balaban J connectivity index is 1.77. The lowest BCUT2D eigenvalue weighted by atomic mass is 10.1. The van der Waals surface area contributed by atoms with Gasteiger partial charge in [0, 0.05) is 36.1 Å². The Morgan fingerprint density at radius 1 is 1.19 bits per heavy atom. The largest absolute Gasteiger partial charge is 0.309 e. The molecule has 0 saturated heterocycles. The van der Waals surface area contributed by atoms with Crippen LogP contribution in [0.15, 0.2) is 71.9 Å². The van der Waals surface area contributed by atoms with Crippen molar-refractivity contribution in [2.24, 2.45) is 0 Å². The number of halogens is 1. The number of hydrogen-bond acceptors (Lipinski definition) is 4.